The standard InChI is InChI=1S/C10H18N4O2S/c1-7(4-8-2-3-8)14-17(15,16)10-9(5-11)6-12-13-10/h6-8,14H,2-5,11H2,1H3,(H,12,13). The quantitative estimate of drug-likeness (QED) is 0.684. The molecule has 0 spiro atoms. The Morgan fingerprint density at radius 2 is 2.35 bits per heavy atom. The Kier molecular flexibility index (Phi) is 3.50. The first-order valence-electron chi connectivity index (χ1n) is 5.77. The number of sulfonamides is 1. The second-order valence-electron chi connectivity index (χ2n) is 4.63. The van der Waals surface area contributed by atoms with Gasteiger partial charge in [0.25, 0.3) is 10.0 Å². The number of H-pyrrole nitrogens is 1. The third-order valence-electron chi connectivity index (χ3n) is 2.91. The minimum absolute atomic E-state index is 0.0542. The summed E-state index contributed by atoms with van der Waals surface area (Å²) in [6, 6.07) is -0.0542. The highest BCUT2D eigenvalue weighted by Crippen LogP contribution is 2.33. The fourth-order valence-electron chi connectivity index (χ4n) is 1.90. The average molecular weight is 258 g/mol. The van der Waals surface area contributed by atoms with Gasteiger partial charge in [-0.2, -0.15) is 5.10 Å². The van der Waals surface area contributed by atoms with Gasteiger partial charge in [-0.3, -0.25) is 5.10 Å². The Morgan fingerprint density at radius 3 is 2.94 bits per heavy atom. The normalized spacial score (nSPS) is 18.2. The SMILES string of the molecule is CC(CC1CC1)NS(=O)(=O)c1[nH]ncc1CN. The first kappa shape index (κ1) is 12.5. The topological polar surface area (TPSA) is 101 Å². The lowest BCUT2D eigenvalue weighted by atomic mass is 10.2. The first-order valence-corrected chi connectivity index (χ1v) is 7.26. The second-order valence-corrected chi connectivity index (χ2v) is 6.28. The van der Waals surface area contributed by atoms with Crippen LogP contribution >= 0.6 is 0 Å². The van der Waals surface area contributed by atoms with Crippen molar-refractivity contribution in [3.05, 3.63) is 11.8 Å². The van der Waals surface area contributed by atoms with E-state index in [1.165, 1.54) is 19.0 Å². The maximum atomic E-state index is 12.0. The zero-order valence-corrected chi connectivity index (χ0v) is 10.6. The van der Waals surface area contributed by atoms with Crippen molar-refractivity contribution in [2.75, 3.05) is 0 Å². The molecule has 0 amide bonds. The summed E-state index contributed by atoms with van der Waals surface area (Å²) in [4.78, 5) is 0. The molecule has 6 nitrogen and oxygen atoms in total. The predicted molar refractivity (Wildman–Crippen MR) is 63.6 cm³/mol. The molecule has 17 heavy (non-hydrogen) atoms. The molecular weight excluding hydrogens is 240 g/mol. The van der Waals surface area contributed by atoms with Crippen molar-refractivity contribution in [3.8, 4) is 0 Å². The number of nitrogens with zero attached hydrogens (tertiary/aromatic N) is 1. The zero-order chi connectivity index (χ0) is 12.5. The van der Waals surface area contributed by atoms with Crippen LogP contribution in [0, 0.1) is 5.92 Å². The van der Waals surface area contributed by atoms with Crippen LogP contribution in [0.4, 0.5) is 0 Å². The average Bonchev–Trinajstić information content (AvgIpc) is 2.92. The fourth-order valence-corrected chi connectivity index (χ4v) is 3.30. The molecule has 4 N–H and O–H groups in total. The van der Waals surface area contributed by atoms with Gasteiger partial charge in [-0.05, 0) is 19.3 Å². The molecule has 1 fully saturated rings. The maximum absolute atomic E-state index is 12.0. The van der Waals surface area contributed by atoms with Gasteiger partial charge in [0.15, 0.2) is 5.03 Å². The molecule has 0 aromatic carbocycles. The van der Waals surface area contributed by atoms with E-state index in [1.807, 2.05) is 6.92 Å². The van der Waals surface area contributed by atoms with E-state index < -0.39 is 10.0 Å². The number of rotatable bonds is 6. The van der Waals surface area contributed by atoms with Crippen LogP contribution in [0.1, 0.15) is 31.7 Å². The molecule has 2 rings (SSSR count). The van der Waals surface area contributed by atoms with Crippen molar-refractivity contribution in [2.45, 2.75) is 43.8 Å². The van der Waals surface area contributed by atoms with Crippen LogP contribution in [-0.2, 0) is 16.6 Å². The molecule has 1 aliphatic carbocycles. The summed E-state index contributed by atoms with van der Waals surface area (Å²) >= 11 is 0. The number of nitrogens with one attached hydrogen (secondary N) is 2. The summed E-state index contributed by atoms with van der Waals surface area (Å²) in [6.07, 6.45) is 4.76. The van der Waals surface area contributed by atoms with Gasteiger partial charge in [0, 0.05) is 18.2 Å². The summed E-state index contributed by atoms with van der Waals surface area (Å²) in [7, 11) is -3.52. The van der Waals surface area contributed by atoms with E-state index in [1.54, 1.807) is 0 Å². The highest BCUT2D eigenvalue weighted by Gasteiger charge is 2.27. The lowest BCUT2D eigenvalue weighted by molar-refractivity contribution is 0.526. The van der Waals surface area contributed by atoms with Crippen molar-refractivity contribution >= 4 is 10.0 Å². The van der Waals surface area contributed by atoms with Crippen LogP contribution < -0.4 is 10.5 Å². The van der Waals surface area contributed by atoms with E-state index in [-0.39, 0.29) is 17.6 Å². The number of hydrogen-bond acceptors (Lipinski definition) is 4. The van der Waals surface area contributed by atoms with Crippen molar-refractivity contribution in [1.29, 1.82) is 0 Å². The molecule has 1 aromatic rings. The molecule has 0 saturated heterocycles. The van der Waals surface area contributed by atoms with E-state index in [9.17, 15) is 8.42 Å². The Balaban J connectivity index is 2.07. The monoisotopic (exact) mass is 258 g/mol. The highest BCUT2D eigenvalue weighted by molar-refractivity contribution is 7.89. The van der Waals surface area contributed by atoms with Crippen LogP contribution in [0.25, 0.3) is 0 Å². The molecule has 7 heteroatoms. The van der Waals surface area contributed by atoms with Crippen molar-refractivity contribution in [3.63, 3.8) is 0 Å². The number of aromatic nitrogens is 2. The molecule has 0 radical (unpaired) electrons. The summed E-state index contributed by atoms with van der Waals surface area (Å²) in [6.45, 7) is 2.04. The second kappa shape index (κ2) is 4.75. The lowest BCUT2D eigenvalue weighted by Gasteiger charge is -2.13. The van der Waals surface area contributed by atoms with Crippen LogP contribution in [-0.4, -0.2) is 24.7 Å². The number of aromatic amines is 1. The van der Waals surface area contributed by atoms with E-state index in [4.69, 9.17) is 5.73 Å². The maximum Gasteiger partial charge on any atom is 0.258 e. The minimum atomic E-state index is -3.52. The van der Waals surface area contributed by atoms with Crippen LogP contribution in [0.2, 0.25) is 0 Å². The van der Waals surface area contributed by atoms with E-state index >= 15 is 0 Å². The summed E-state index contributed by atoms with van der Waals surface area (Å²) in [5.74, 6) is 0.684. The fraction of sp³-hybridized carbons (Fsp3) is 0.700. The molecule has 1 aliphatic rings. The van der Waals surface area contributed by atoms with Crippen molar-refractivity contribution in [2.24, 2.45) is 11.7 Å². The van der Waals surface area contributed by atoms with Gasteiger partial charge < -0.3 is 5.73 Å². The van der Waals surface area contributed by atoms with E-state index in [0.29, 0.717) is 11.5 Å². The lowest BCUT2D eigenvalue weighted by Crippen LogP contribution is -2.33. The van der Waals surface area contributed by atoms with Crippen LogP contribution in [0.15, 0.2) is 11.2 Å². The van der Waals surface area contributed by atoms with Crippen molar-refractivity contribution < 1.29 is 8.42 Å². The summed E-state index contributed by atoms with van der Waals surface area (Å²) < 4.78 is 26.7. The third kappa shape index (κ3) is 3.05. The zero-order valence-electron chi connectivity index (χ0n) is 9.81. The van der Waals surface area contributed by atoms with E-state index in [2.05, 4.69) is 14.9 Å². The summed E-state index contributed by atoms with van der Waals surface area (Å²) in [5, 5.41) is 6.29. The summed E-state index contributed by atoms with van der Waals surface area (Å²) in [5.41, 5.74) is 5.97. The van der Waals surface area contributed by atoms with Crippen molar-refractivity contribution in [1.82, 2.24) is 14.9 Å². The van der Waals surface area contributed by atoms with Gasteiger partial charge in [0.2, 0.25) is 0 Å². The molecule has 0 bridgehead atoms. The van der Waals surface area contributed by atoms with E-state index in [0.717, 1.165) is 6.42 Å². The first-order chi connectivity index (χ1) is 8.03. The highest BCUT2D eigenvalue weighted by atomic mass is 32.2. The molecule has 96 valence electrons. The van der Waals surface area contributed by atoms with Gasteiger partial charge in [-0.1, -0.05) is 12.8 Å². The largest absolute Gasteiger partial charge is 0.326 e. The van der Waals surface area contributed by atoms with Crippen LogP contribution in [0.5, 0.6) is 0 Å². The Morgan fingerprint density at radius 1 is 1.65 bits per heavy atom. The van der Waals surface area contributed by atoms with Gasteiger partial charge in [0.05, 0.1) is 6.20 Å². The minimum Gasteiger partial charge on any atom is -0.326 e. The Bertz CT molecular complexity index is 478. The predicted octanol–water partition coefficient (Wildman–Crippen LogP) is 0.335. The molecule has 1 saturated carbocycles. The smallest absolute Gasteiger partial charge is 0.258 e. The molecule has 1 unspecified atom stereocenters. The molecule has 1 heterocycles. The molecule has 1 atom stereocenters. The third-order valence-corrected chi connectivity index (χ3v) is 4.51. The molecule has 0 aliphatic heterocycles. The molecule has 1 aromatic heterocycles. The van der Waals surface area contributed by atoms with Gasteiger partial charge >= 0.3 is 0 Å². The number of hydrogen-bond donors (Lipinski definition) is 3. The Hall–Kier alpha value is -0.920. The van der Waals surface area contributed by atoms with Gasteiger partial charge in [-0.15, -0.1) is 0 Å². The van der Waals surface area contributed by atoms with Crippen LogP contribution in [0.3, 0.4) is 0 Å². The van der Waals surface area contributed by atoms with Gasteiger partial charge in [0.1, 0.15) is 0 Å². The molecular formula is C10H18N4O2S. The Labute approximate surface area is 101 Å². The van der Waals surface area contributed by atoms with Gasteiger partial charge in [-0.25, -0.2) is 13.1 Å². The number of nitrogens with two attached hydrogens (primary N) is 1.